The van der Waals surface area contributed by atoms with Crippen molar-refractivity contribution < 1.29 is 54.8 Å². The number of sulfonamides is 2. The lowest BCUT2D eigenvalue weighted by Crippen LogP contribution is -2.23. The van der Waals surface area contributed by atoms with Gasteiger partial charge in [0, 0.05) is 117 Å². The van der Waals surface area contributed by atoms with Crippen LogP contribution in [0.1, 0.15) is 156 Å². The van der Waals surface area contributed by atoms with Crippen LogP contribution in [0.25, 0.3) is 0 Å². The van der Waals surface area contributed by atoms with Crippen LogP contribution >= 0.6 is 0 Å². The minimum Gasteiger partial charge on any atom is -0.453 e. The predicted molar refractivity (Wildman–Crippen MR) is 429 cm³/mol. The lowest BCUT2D eigenvalue weighted by Gasteiger charge is -2.18. The number of aryl methyl sites for hydroxylation is 5. The Kier molecular flexibility index (Phi) is 31.4. The Labute approximate surface area is 656 Å². The van der Waals surface area contributed by atoms with E-state index in [9.17, 15) is 26.4 Å². The van der Waals surface area contributed by atoms with Crippen molar-refractivity contribution in [3.05, 3.63) is 149 Å². The van der Waals surface area contributed by atoms with Crippen molar-refractivity contribution in [2.75, 3.05) is 86.5 Å². The topological polar surface area (TPSA) is 550 Å². The van der Waals surface area contributed by atoms with Crippen molar-refractivity contribution in [2.24, 2.45) is 5.73 Å². The van der Waals surface area contributed by atoms with E-state index >= 15 is 0 Å². The van der Waals surface area contributed by atoms with Crippen LogP contribution in [0, 0.1) is 34.6 Å². The number of hydrogen-bond acceptors (Lipinski definition) is 33. The Morgan fingerprint density at radius 2 is 0.655 bits per heavy atom. The zero-order valence-electron chi connectivity index (χ0n) is 66.8. The fourth-order valence-corrected chi connectivity index (χ4v) is 10.9. The molecule has 10 aromatic rings. The third kappa shape index (κ3) is 25.4. The molecule has 38 nitrogen and oxygen atoms in total. The molecule has 15 N–H and O–H groups in total. The third-order valence-corrected chi connectivity index (χ3v) is 18.6. The zero-order valence-corrected chi connectivity index (χ0v) is 68.5. The largest absolute Gasteiger partial charge is 0.453 e. The number of nitrogens with one attached hydrogen (secondary N) is 3. The van der Waals surface area contributed by atoms with E-state index in [1.54, 1.807) is 65.3 Å². The molecule has 113 heavy (non-hydrogen) atoms. The molecule has 0 bridgehead atoms. The second-order valence-electron chi connectivity index (χ2n) is 26.5. The number of nitrogen functional groups attached to an aromatic ring is 5. The summed E-state index contributed by atoms with van der Waals surface area (Å²) in [7, 11) is 2.01. The number of carbonyl (C=O) groups excluding carboxylic acids is 2. The number of amides is 3. The second kappa shape index (κ2) is 39.8. The Morgan fingerprint density at radius 1 is 0.381 bits per heavy atom. The summed E-state index contributed by atoms with van der Waals surface area (Å²) < 4.78 is 85.4. The number of pyridine rings is 5. The van der Waals surface area contributed by atoms with E-state index < -0.39 is 32.2 Å². The van der Waals surface area contributed by atoms with Crippen LogP contribution in [0.15, 0.2) is 102 Å². The van der Waals surface area contributed by atoms with Crippen molar-refractivity contribution in [3.8, 4) is 57.5 Å². The van der Waals surface area contributed by atoms with Gasteiger partial charge in [-0.3, -0.25) is 10.6 Å². The number of hydrogen-bond donors (Lipinski definition) is 9. The van der Waals surface area contributed by atoms with E-state index in [1.165, 1.54) is 77.6 Å². The smallest absolute Gasteiger partial charge is 0.412 e. The fourth-order valence-electron chi connectivity index (χ4n) is 9.41. The van der Waals surface area contributed by atoms with E-state index in [1.807, 2.05) is 86.6 Å². The molecule has 10 heterocycles. The van der Waals surface area contributed by atoms with Crippen LogP contribution in [-0.4, -0.2) is 150 Å². The average molecular weight is 1600 g/mol. The number of ether oxygens (including phenoxy) is 6. The molecule has 10 aromatic heterocycles. The van der Waals surface area contributed by atoms with Gasteiger partial charge in [-0.15, -0.1) is 0 Å². The molecular weight excluding hydrogens is 1500 g/mol. The van der Waals surface area contributed by atoms with Gasteiger partial charge in [0.2, 0.25) is 0 Å². The molecule has 0 aliphatic heterocycles. The normalized spacial score (nSPS) is 11.1. The van der Waals surface area contributed by atoms with Gasteiger partial charge in [0.25, 0.3) is 20.0 Å². The van der Waals surface area contributed by atoms with Gasteiger partial charge >= 0.3 is 12.1 Å². The van der Waals surface area contributed by atoms with Crippen molar-refractivity contribution in [1.29, 1.82) is 0 Å². The summed E-state index contributed by atoms with van der Waals surface area (Å²) in [6, 6.07) is 7.14. The second-order valence-corrected chi connectivity index (χ2v) is 30.5. The number of primary amides is 1. The molecule has 0 atom stereocenters. The Morgan fingerprint density at radius 3 is 0.929 bits per heavy atom. The number of anilines is 8. The first-order valence-electron chi connectivity index (χ1n) is 34.8. The molecule has 0 spiro atoms. The number of carbonyl (C=O) groups is 2. The molecule has 0 aliphatic rings. The molecule has 0 radical (unpaired) electrons. The van der Waals surface area contributed by atoms with Crippen LogP contribution in [0.2, 0.25) is 0 Å². The highest BCUT2D eigenvalue weighted by Crippen LogP contribution is 2.39. The Hall–Kier alpha value is -12.7. The van der Waals surface area contributed by atoms with Gasteiger partial charge in [-0.25, -0.2) is 110 Å². The molecule has 10 rings (SSSR count). The summed E-state index contributed by atoms with van der Waals surface area (Å²) in [5.41, 5.74) is 38.6. The molecule has 40 heteroatoms. The number of nitrogens with two attached hydrogens (primary N) is 6. The van der Waals surface area contributed by atoms with Crippen molar-refractivity contribution in [3.63, 3.8) is 0 Å². The van der Waals surface area contributed by atoms with Gasteiger partial charge in [0.15, 0.2) is 67.9 Å². The number of rotatable bonds is 22. The van der Waals surface area contributed by atoms with Gasteiger partial charge < -0.3 is 67.7 Å². The van der Waals surface area contributed by atoms with E-state index in [0.717, 1.165) is 43.7 Å². The molecule has 0 saturated heterocycles. The summed E-state index contributed by atoms with van der Waals surface area (Å²) in [5, 5.41) is 4.67. The van der Waals surface area contributed by atoms with Crippen molar-refractivity contribution in [1.82, 2.24) is 83.8 Å². The maximum atomic E-state index is 12.3. The van der Waals surface area contributed by atoms with Crippen molar-refractivity contribution >= 4 is 78.7 Å². The number of urea groups is 1. The molecular formula is C73H98N26O12S2. The SMILES string of the molecule is CNS(=O)(=O)c1cc(Oc2cnc(C)nc2N)c(C(C)C)cn1.COC(=O)Nc1cc(Oc2cnc(C)nc2N)c(C(C)C)cn1.Cc1ncc(Oc2cc(N(C)C)ncc2C(C)C)c(N)n1.Cc1ncc(Oc2cc(NC(N)=O)ncc2C(C)C)c(N)n1.Cc1ncc(Oc2cc(S(=O)(=O)N(C)C)ncc2C(C)C)c(N)n1. The van der Waals surface area contributed by atoms with Gasteiger partial charge in [0.1, 0.15) is 75.3 Å². The molecule has 3 amide bonds. The maximum Gasteiger partial charge on any atom is 0.412 e. The van der Waals surface area contributed by atoms with Crippen LogP contribution in [0.5, 0.6) is 57.5 Å². The average Bonchev–Trinajstić information content (AvgIpc) is 0.807. The molecule has 0 aromatic carbocycles. The number of methoxy groups -OCH3 is 1. The van der Waals surface area contributed by atoms with E-state index in [0.29, 0.717) is 86.8 Å². The van der Waals surface area contributed by atoms with E-state index in [2.05, 4.69) is 109 Å². The summed E-state index contributed by atoms with van der Waals surface area (Å²) in [4.78, 5) is 85.6. The molecule has 0 saturated carbocycles. The lowest BCUT2D eigenvalue weighted by atomic mass is 10.0. The minimum atomic E-state index is -3.68. The highest BCUT2D eigenvalue weighted by Gasteiger charge is 2.25. The molecule has 0 unspecified atom stereocenters. The van der Waals surface area contributed by atoms with Crippen molar-refractivity contribution in [2.45, 2.75) is 143 Å². The zero-order chi connectivity index (χ0) is 84.1. The molecule has 0 fully saturated rings. The van der Waals surface area contributed by atoms with E-state index in [-0.39, 0.29) is 74.4 Å². The van der Waals surface area contributed by atoms with Crippen LogP contribution in [-0.2, 0) is 24.8 Å². The standard InChI is InChI=1S/C15H21N5O3S.C15H19N5O3.C15H21N5O.C14H18N6O2.C14H19N5O3S/c1-9(2)11-7-18-14(24(21,22)20(4)5)6-12(11)23-13-8-17-10(3)19-15(13)16;1-8(2)10-6-18-13(20-15(21)22-4)5-11(10)23-12-7-17-9(3)19-14(12)16;1-9(2)11-7-18-14(20(4)5)6-12(11)21-13-8-17-10(3)19-15(13)16;1-7(2)9-5-18-12(20-14(16)21)4-10(9)22-11-6-17-8(3)19-13(11)15;1-8(2)10-6-18-13(23(20,21)16-4)5-11(10)22-12-7-17-9(3)19-14(12)15/h6-9H,1-5H3,(H2,16,17,19);5-8H,1-4H3,(H2,16,17,19)(H,18,20,21);6-9H,1-5H3,(H2,16,17,19);4-7H,1-3H3,(H2,15,17,19)(H3,16,18,20,21);5-8,16H,1-4H3,(H2,15,17,19). The first-order chi connectivity index (χ1) is 53.0. The molecule has 0 aliphatic carbocycles. The minimum absolute atomic E-state index is 0.0798. The highest BCUT2D eigenvalue weighted by atomic mass is 32.2. The summed E-state index contributed by atoms with van der Waals surface area (Å²) in [6.45, 7) is 28.7. The summed E-state index contributed by atoms with van der Waals surface area (Å²) in [6.07, 6.45) is 15.0. The third-order valence-electron chi connectivity index (χ3n) is 15.6. The van der Waals surface area contributed by atoms with Crippen LogP contribution in [0.3, 0.4) is 0 Å². The summed E-state index contributed by atoms with van der Waals surface area (Å²) >= 11 is 0. The van der Waals surface area contributed by atoms with E-state index in [4.69, 9.17) is 58.1 Å². The highest BCUT2D eigenvalue weighted by molar-refractivity contribution is 7.89. The van der Waals surface area contributed by atoms with Gasteiger partial charge in [0.05, 0.1) is 38.1 Å². The summed E-state index contributed by atoms with van der Waals surface area (Å²) in [5.74, 6) is 10.3. The lowest BCUT2D eigenvalue weighted by molar-refractivity contribution is 0.186. The van der Waals surface area contributed by atoms with Gasteiger partial charge in [-0.05, 0) is 71.3 Å². The van der Waals surface area contributed by atoms with Crippen LogP contribution < -0.4 is 78.3 Å². The Bertz CT molecular complexity index is 5220. The Balaban J connectivity index is 0.000000220. The maximum absolute atomic E-state index is 12.3. The van der Waals surface area contributed by atoms with Crippen LogP contribution in [0.4, 0.5) is 56.1 Å². The van der Waals surface area contributed by atoms with Gasteiger partial charge in [-0.2, -0.15) is 0 Å². The quantitative estimate of drug-likeness (QED) is 0.0304. The predicted octanol–water partition coefficient (Wildman–Crippen LogP) is 11.3. The monoisotopic (exact) mass is 1590 g/mol. The first kappa shape index (κ1) is 89.2. The first-order valence-corrected chi connectivity index (χ1v) is 37.7. The van der Waals surface area contributed by atoms with Gasteiger partial charge in [-0.1, -0.05) is 69.2 Å². The number of nitrogens with zero attached hydrogens (tertiary/aromatic N) is 17. The number of aromatic nitrogens is 15. The molecule has 604 valence electrons. The fraction of sp³-hybridized carbons (Fsp3) is 0.356.